The highest BCUT2D eigenvalue weighted by Crippen LogP contribution is 2.13. The monoisotopic (exact) mass is 191 g/mol. The molecule has 2 rings (SSSR count). The number of carbonyl (C=O) groups excluding carboxylic acids is 2. The fourth-order valence-corrected chi connectivity index (χ4v) is 1.31. The number of imide groups is 1. The number of aryl methyl sites for hydroxylation is 1. The molecule has 0 bridgehead atoms. The largest absolute Gasteiger partial charge is 0.334 e. The van der Waals surface area contributed by atoms with E-state index in [1.165, 1.54) is 0 Å². The summed E-state index contributed by atoms with van der Waals surface area (Å²) < 4.78 is 1.78. The lowest BCUT2D eigenvalue weighted by molar-refractivity contribution is -0.124. The maximum Gasteiger partial charge on any atom is 0.254 e. The van der Waals surface area contributed by atoms with E-state index < -0.39 is 0 Å². The number of nitrogens with zero attached hydrogens (tertiary/aromatic N) is 2. The van der Waals surface area contributed by atoms with Gasteiger partial charge in [-0.1, -0.05) is 0 Å². The van der Waals surface area contributed by atoms with Crippen molar-refractivity contribution >= 4 is 17.9 Å². The van der Waals surface area contributed by atoms with E-state index in [9.17, 15) is 9.59 Å². The fraction of sp³-hybridized carbons (Fsp3) is 0.222. The molecule has 5 heteroatoms. The number of hydrogen-bond donors (Lipinski definition) is 1. The lowest BCUT2D eigenvalue weighted by Crippen LogP contribution is -2.19. The van der Waals surface area contributed by atoms with E-state index in [2.05, 4.69) is 10.3 Å². The lowest BCUT2D eigenvalue weighted by Gasteiger charge is -1.95. The summed E-state index contributed by atoms with van der Waals surface area (Å²) in [5, 5.41) is 2.22. The minimum Gasteiger partial charge on any atom is -0.334 e. The van der Waals surface area contributed by atoms with Crippen molar-refractivity contribution in [2.75, 3.05) is 0 Å². The lowest BCUT2D eigenvalue weighted by atomic mass is 10.2. The van der Waals surface area contributed by atoms with Crippen LogP contribution in [0.25, 0.3) is 6.08 Å². The number of aromatic nitrogens is 2. The van der Waals surface area contributed by atoms with Gasteiger partial charge in [-0.3, -0.25) is 14.9 Å². The van der Waals surface area contributed by atoms with E-state index in [1.54, 1.807) is 23.2 Å². The second-order valence-corrected chi connectivity index (χ2v) is 3.15. The Labute approximate surface area is 80.4 Å². The SMILES string of the molecule is Cn1cncc1C=C1CC(=O)NC1=O. The summed E-state index contributed by atoms with van der Waals surface area (Å²) >= 11 is 0. The van der Waals surface area contributed by atoms with Crippen LogP contribution in [0, 0.1) is 0 Å². The molecule has 2 heterocycles. The Morgan fingerprint density at radius 3 is 2.86 bits per heavy atom. The van der Waals surface area contributed by atoms with Gasteiger partial charge < -0.3 is 4.57 Å². The Balaban J connectivity index is 2.32. The van der Waals surface area contributed by atoms with Crippen molar-refractivity contribution in [1.82, 2.24) is 14.9 Å². The van der Waals surface area contributed by atoms with Gasteiger partial charge in [-0.25, -0.2) is 4.98 Å². The molecule has 0 unspecified atom stereocenters. The highest BCUT2D eigenvalue weighted by atomic mass is 16.2. The summed E-state index contributed by atoms with van der Waals surface area (Å²) in [5.74, 6) is -0.556. The quantitative estimate of drug-likeness (QED) is 0.496. The van der Waals surface area contributed by atoms with E-state index >= 15 is 0 Å². The molecule has 14 heavy (non-hydrogen) atoms. The Morgan fingerprint density at radius 1 is 1.57 bits per heavy atom. The maximum atomic E-state index is 11.2. The van der Waals surface area contributed by atoms with E-state index in [0.717, 1.165) is 5.69 Å². The normalized spacial score (nSPS) is 19.1. The molecular weight excluding hydrogens is 182 g/mol. The Kier molecular flexibility index (Phi) is 1.92. The maximum absolute atomic E-state index is 11.2. The van der Waals surface area contributed by atoms with Crippen LogP contribution in [0.4, 0.5) is 0 Å². The van der Waals surface area contributed by atoms with Crippen molar-refractivity contribution in [2.45, 2.75) is 6.42 Å². The average molecular weight is 191 g/mol. The van der Waals surface area contributed by atoms with Crippen LogP contribution in [0.1, 0.15) is 12.1 Å². The third-order valence-electron chi connectivity index (χ3n) is 2.07. The van der Waals surface area contributed by atoms with Crippen LogP contribution in [0.5, 0.6) is 0 Å². The van der Waals surface area contributed by atoms with Crippen molar-refractivity contribution in [3.05, 3.63) is 23.8 Å². The number of nitrogens with one attached hydrogen (secondary N) is 1. The number of amides is 2. The summed E-state index contributed by atoms with van der Waals surface area (Å²) in [5.41, 5.74) is 1.29. The highest BCUT2D eigenvalue weighted by molar-refractivity contribution is 6.15. The molecule has 2 amide bonds. The van der Waals surface area contributed by atoms with Crippen LogP contribution in [-0.2, 0) is 16.6 Å². The molecular formula is C9H9N3O2. The molecule has 1 aromatic rings. The fourth-order valence-electron chi connectivity index (χ4n) is 1.31. The molecule has 1 aliphatic heterocycles. The predicted molar refractivity (Wildman–Crippen MR) is 49.0 cm³/mol. The smallest absolute Gasteiger partial charge is 0.254 e. The summed E-state index contributed by atoms with van der Waals surface area (Å²) in [4.78, 5) is 26.0. The highest BCUT2D eigenvalue weighted by Gasteiger charge is 2.23. The van der Waals surface area contributed by atoms with Crippen LogP contribution < -0.4 is 5.32 Å². The molecule has 0 radical (unpaired) electrons. The van der Waals surface area contributed by atoms with Gasteiger partial charge in [0.25, 0.3) is 5.91 Å². The van der Waals surface area contributed by atoms with Gasteiger partial charge in [-0.05, 0) is 6.08 Å². The van der Waals surface area contributed by atoms with Crippen molar-refractivity contribution < 1.29 is 9.59 Å². The summed E-state index contributed by atoms with van der Waals surface area (Å²) in [6.45, 7) is 0. The average Bonchev–Trinajstić information content (AvgIpc) is 2.62. The molecule has 1 N–H and O–H groups in total. The van der Waals surface area contributed by atoms with E-state index in [1.807, 2.05) is 7.05 Å². The standard InChI is InChI=1S/C9H9N3O2/c1-12-5-10-4-7(12)2-6-3-8(13)11-9(6)14/h2,4-5H,3H2,1H3,(H,11,13,14). The topological polar surface area (TPSA) is 64.0 Å². The van der Waals surface area contributed by atoms with Gasteiger partial charge in [0.05, 0.1) is 24.6 Å². The van der Waals surface area contributed by atoms with Crippen LogP contribution in [0.15, 0.2) is 18.1 Å². The van der Waals surface area contributed by atoms with Crippen molar-refractivity contribution in [3.8, 4) is 0 Å². The molecule has 5 nitrogen and oxygen atoms in total. The summed E-state index contributed by atoms with van der Waals surface area (Å²) in [6, 6.07) is 0. The molecule has 72 valence electrons. The molecule has 0 saturated carbocycles. The van der Waals surface area contributed by atoms with E-state index in [-0.39, 0.29) is 18.2 Å². The summed E-state index contributed by atoms with van der Waals surface area (Å²) in [6.07, 6.45) is 5.11. The molecule has 0 aliphatic carbocycles. The zero-order valence-corrected chi connectivity index (χ0v) is 7.65. The molecule has 1 fully saturated rings. The third-order valence-corrected chi connectivity index (χ3v) is 2.07. The van der Waals surface area contributed by atoms with Gasteiger partial charge in [-0.15, -0.1) is 0 Å². The minimum absolute atomic E-state index is 0.157. The van der Waals surface area contributed by atoms with Gasteiger partial charge in [0.15, 0.2) is 0 Å². The first kappa shape index (κ1) is 8.68. The Morgan fingerprint density at radius 2 is 2.36 bits per heavy atom. The van der Waals surface area contributed by atoms with Gasteiger partial charge in [0.1, 0.15) is 0 Å². The molecule has 1 aliphatic rings. The second kappa shape index (κ2) is 3.10. The van der Waals surface area contributed by atoms with Gasteiger partial charge in [-0.2, -0.15) is 0 Å². The zero-order valence-electron chi connectivity index (χ0n) is 7.65. The van der Waals surface area contributed by atoms with Crippen molar-refractivity contribution in [1.29, 1.82) is 0 Å². The predicted octanol–water partition coefficient (Wildman–Crippen LogP) is -0.150. The zero-order chi connectivity index (χ0) is 10.1. The van der Waals surface area contributed by atoms with Gasteiger partial charge in [0.2, 0.25) is 5.91 Å². The van der Waals surface area contributed by atoms with Gasteiger partial charge >= 0.3 is 0 Å². The first-order valence-corrected chi connectivity index (χ1v) is 4.18. The first-order chi connectivity index (χ1) is 6.66. The van der Waals surface area contributed by atoms with E-state index in [0.29, 0.717) is 5.57 Å². The number of imidazole rings is 1. The van der Waals surface area contributed by atoms with Crippen LogP contribution >= 0.6 is 0 Å². The molecule has 0 aromatic carbocycles. The van der Waals surface area contributed by atoms with Crippen LogP contribution in [-0.4, -0.2) is 21.4 Å². The molecule has 1 saturated heterocycles. The third kappa shape index (κ3) is 1.44. The number of carbonyl (C=O) groups is 2. The van der Waals surface area contributed by atoms with Crippen LogP contribution in [0.2, 0.25) is 0 Å². The van der Waals surface area contributed by atoms with Crippen LogP contribution in [0.3, 0.4) is 0 Å². The molecule has 1 aromatic heterocycles. The van der Waals surface area contributed by atoms with Crippen molar-refractivity contribution in [2.24, 2.45) is 7.05 Å². The summed E-state index contributed by atoms with van der Waals surface area (Å²) in [7, 11) is 1.83. The minimum atomic E-state index is -0.309. The first-order valence-electron chi connectivity index (χ1n) is 4.18. The second-order valence-electron chi connectivity index (χ2n) is 3.15. The van der Waals surface area contributed by atoms with E-state index in [4.69, 9.17) is 0 Å². The Bertz CT molecular complexity index is 431. The van der Waals surface area contributed by atoms with Crippen molar-refractivity contribution in [3.63, 3.8) is 0 Å². The number of rotatable bonds is 1. The van der Waals surface area contributed by atoms with Gasteiger partial charge in [0, 0.05) is 12.6 Å². The molecule has 0 atom stereocenters. The number of hydrogen-bond acceptors (Lipinski definition) is 3. The Hall–Kier alpha value is -1.91. The molecule has 0 spiro atoms.